The summed E-state index contributed by atoms with van der Waals surface area (Å²) in [5.74, 6) is 0. The zero-order chi connectivity index (χ0) is 11.3. The van der Waals surface area contributed by atoms with Gasteiger partial charge in [-0.3, -0.25) is 0 Å². The van der Waals surface area contributed by atoms with Crippen molar-refractivity contribution in [1.29, 1.82) is 0 Å². The van der Waals surface area contributed by atoms with Crippen LogP contribution in [0.1, 0.15) is 30.3 Å². The Morgan fingerprint density at radius 2 is 2.27 bits per heavy atom. The summed E-state index contributed by atoms with van der Waals surface area (Å²) < 4.78 is 0.797. The van der Waals surface area contributed by atoms with E-state index in [2.05, 4.69) is 25.1 Å². The largest absolute Gasteiger partial charge is 0.337 e. The van der Waals surface area contributed by atoms with E-state index in [1.807, 2.05) is 18.2 Å². The van der Waals surface area contributed by atoms with Crippen molar-refractivity contribution in [2.24, 2.45) is 0 Å². The minimum atomic E-state index is 0.797. The van der Waals surface area contributed by atoms with Gasteiger partial charge in [0, 0.05) is 0 Å². The first kappa shape index (κ1) is 12.1. The van der Waals surface area contributed by atoms with E-state index in [0.29, 0.717) is 0 Å². The van der Waals surface area contributed by atoms with E-state index < -0.39 is 0 Å². The van der Waals surface area contributed by atoms with Crippen LogP contribution in [0.25, 0.3) is 11.6 Å². The highest BCUT2D eigenvalue weighted by Gasteiger charge is 2.07. The second kappa shape index (κ2) is 5.83. The summed E-state index contributed by atoms with van der Waals surface area (Å²) in [6.45, 7) is 9.69. The van der Waals surface area contributed by atoms with Gasteiger partial charge in [-0.1, -0.05) is 38.7 Å². The van der Waals surface area contributed by atoms with Gasteiger partial charge in [-0.25, -0.2) is 0 Å². The second-order valence-corrected chi connectivity index (χ2v) is 4.85. The molecule has 0 saturated heterocycles. The first-order valence-corrected chi connectivity index (χ1v) is 6.12. The van der Waals surface area contributed by atoms with Crippen LogP contribution in [0.4, 0.5) is 0 Å². The maximum atomic E-state index is 5.14. The predicted octanol–water partition coefficient (Wildman–Crippen LogP) is 4.82. The molecule has 0 spiro atoms. The van der Waals surface area contributed by atoms with Gasteiger partial charge < -0.3 is 4.98 Å². The molecule has 0 amide bonds. The number of hydrogen-bond acceptors (Lipinski definition) is 2. The SMILES string of the molecule is C=C/C=C(/CCC)c1[nH]c(=S)sc1C=C. The highest BCUT2D eigenvalue weighted by molar-refractivity contribution is 7.73. The lowest BCUT2D eigenvalue weighted by Gasteiger charge is -2.03. The van der Waals surface area contributed by atoms with Crippen LogP contribution >= 0.6 is 23.6 Å². The molecule has 0 aliphatic rings. The topological polar surface area (TPSA) is 15.8 Å². The van der Waals surface area contributed by atoms with Crippen LogP contribution < -0.4 is 0 Å². The molecule has 0 aromatic carbocycles. The number of aromatic amines is 1. The van der Waals surface area contributed by atoms with E-state index in [1.54, 1.807) is 11.3 Å². The monoisotopic (exact) mass is 237 g/mol. The quantitative estimate of drug-likeness (QED) is 0.573. The maximum absolute atomic E-state index is 5.14. The second-order valence-electron chi connectivity index (χ2n) is 3.14. The third kappa shape index (κ3) is 3.01. The number of hydrogen-bond donors (Lipinski definition) is 1. The van der Waals surface area contributed by atoms with E-state index in [9.17, 15) is 0 Å². The van der Waals surface area contributed by atoms with Crippen LogP contribution in [-0.2, 0) is 0 Å². The normalized spacial score (nSPS) is 11.4. The van der Waals surface area contributed by atoms with E-state index in [-0.39, 0.29) is 0 Å². The minimum absolute atomic E-state index is 0.797. The molecule has 0 atom stereocenters. The van der Waals surface area contributed by atoms with Gasteiger partial charge in [-0.05, 0) is 30.3 Å². The average Bonchev–Trinajstić information content (AvgIpc) is 2.59. The summed E-state index contributed by atoms with van der Waals surface area (Å²) in [7, 11) is 0. The molecule has 0 unspecified atom stereocenters. The van der Waals surface area contributed by atoms with Crippen molar-refractivity contribution in [2.75, 3.05) is 0 Å². The molecule has 1 aromatic heterocycles. The van der Waals surface area contributed by atoms with Crippen LogP contribution in [0.5, 0.6) is 0 Å². The van der Waals surface area contributed by atoms with Crippen LogP contribution in [0.3, 0.4) is 0 Å². The molecule has 80 valence electrons. The average molecular weight is 237 g/mol. The molecule has 0 aliphatic carbocycles. The van der Waals surface area contributed by atoms with Gasteiger partial charge in [0.1, 0.15) is 0 Å². The Bertz CT molecular complexity index is 435. The molecule has 1 heterocycles. The molecule has 1 aromatic rings. The summed E-state index contributed by atoms with van der Waals surface area (Å²) in [5, 5.41) is 0. The van der Waals surface area contributed by atoms with E-state index in [0.717, 1.165) is 27.4 Å². The molecular formula is C12H15NS2. The third-order valence-corrected chi connectivity index (χ3v) is 3.25. The van der Waals surface area contributed by atoms with Crippen molar-refractivity contribution in [3.8, 4) is 0 Å². The fraction of sp³-hybridized carbons (Fsp3) is 0.250. The van der Waals surface area contributed by atoms with Crippen molar-refractivity contribution in [2.45, 2.75) is 19.8 Å². The number of allylic oxidation sites excluding steroid dienone is 3. The minimum Gasteiger partial charge on any atom is -0.337 e. The molecule has 3 heteroatoms. The van der Waals surface area contributed by atoms with Gasteiger partial charge in [0.2, 0.25) is 0 Å². The molecule has 1 rings (SSSR count). The fourth-order valence-corrected chi connectivity index (χ4v) is 2.52. The van der Waals surface area contributed by atoms with E-state index in [4.69, 9.17) is 12.2 Å². The Hall–Kier alpha value is -0.930. The van der Waals surface area contributed by atoms with Crippen LogP contribution in [0, 0.1) is 3.95 Å². The Labute approximate surface area is 99.9 Å². The first-order chi connectivity index (χ1) is 7.22. The van der Waals surface area contributed by atoms with Crippen molar-refractivity contribution < 1.29 is 0 Å². The Kier molecular flexibility index (Phi) is 4.72. The molecule has 0 radical (unpaired) electrons. The molecule has 1 N–H and O–H groups in total. The highest BCUT2D eigenvalue weighted by atomic mass is 32.1. The summed E-state index contributed by atoms with van der Waals surface area (Å²) >= 11 is 6.70. The fourth-order valence-electron chi connectivity index (χ4n) is 1.43. The van der Waals surface area contributed by atoms with Gasteiger partial charge in [0.25, 0.3) is 0 Å². The highest BCUT2D eigenvalue weighted by Crippen LogP contribution is 2.26. The van der Waals surface area contributed by atoms with Gasteiger partial charge in [-0.2, -0.15) is 0 Å². The zero-order valence-corrected chi connectivity index (χ0v) is 10.5. The lowest BCUT2D eigenvalue weighted by molar-refractivity contribution is 0.967. The third-order valence-electron chi connectivity index (χ3n) is 2.02. The smallest absolute Gasteiger partial charge is 0.159 e. The van der Waals surface area contributed by atoms with Crippen LogP contribution in [0.15, 0.2) is 25.3 Å². The van der Waals surface area contributed by atoms with Crippen molar-refractivity contribution in [3.05, 3.63) is 39.8 Å². The van der Waals surface area contributed by atoms with Crippen LogP contribution in [-0.4, -0.2) is 4.98 Å². The summed E-state index contributed by atoms with van der Waals surface area (Å²) in [5.41, 5.74) is 2.34. The summed E-state index contributed by atoms with van der Waals surface area (Å²) in [4.78, 5) is 4.32. The predicted molar refractivity (Wildman–Crippen MR) is 72.7 cm³/mol. The number of H-pyrrole nitrogens is 1. The standard InChI is InChI=1S/C12H15NS2/c1-4-7-9(8-5-2)11-10(6-3)15-12(14)13-11/h4,6-7H,1,3,5,8H2,2H3,(H,13,14)/b9-7-. The van der Waals surface area contributed by atoms with Gasteiger partial charge in [0.15, 0.2) is 3.95 Å². The Balaban J connectivity index is 3.20. The van der Waals surface area contributed by atoms with Crippen molar-refractivity contribution >= 4 is 35.2 Å². The molecule has 1 nitrogen and oxygen atoms in total. The first-order valence-electron chi connectivity index (χ1n) is 4.90. The molecule has 0 aliphatic heterocycles. The van der Waals surface area contributed by atoms with Crippen molar-refractivity contribution in [3.63, 3.8) is 0 Å². The Morgan fingerprint density at radius 1 is 1.53 bits per heavy atom. The molecule has 0 saturated carbocycles. The number of rotatable bonds is 5. The maximum Gasteiger partial charge on any atom is 0.159 e. The van der Waals surface area contributed by atoms with Crippen molar-refractivity contribution in [1.82, 2.24) is 4.98 Å². The Morgan fingerprint density at radius 3 is 2.80 bits per heavy atom. The molecule has 15 heavy (non-hydrogen) atoms. The summed E-state index contributed by atoms with van der Waals surface area (Å²) in [6, 6.07) is 0. The van der Waals surface area contributed by atoms with E-state index >= 15 is 0 Å². The summed E-state index contributed by atoms with van der Waals surface area (Å²) in [6.07, 6.45) is 7.82. The zero-order valence-electron chi connectivity index (χ0n) is 8.88. The molecular weight excluding hydrogens is 222 g/mol. The number of aromatic nitrogens is 1. The molecule has 0 bridgehead atoms. The van der Waals surface area contributed by atoms with Crippen LogP contribution in [0.2, 0.25) is 0 Å². The number of nitrogens with one attached hydrogen (secondary N) is 1. The molecule has 0 fully saturated rings. The number of thiazole rings is 1. The lowest BCUT2D eigenvalue weighted by Crippen LogP contribution is -1.87. The van der Waals surface area contributed by atoms with Gasteiger partial charge >= 0.3 is 0 Å². The van der Waals surface area contributed by atoms with Gasteiger partial charge in [0.05, 0.1) is 10.6 Å². The lowest BCUT2D eigenvalue weighted by atomic mass is 10.1. The van der Waals surface area contributed by atoms with E-state index in [1.165, 1.54) is 5.57 Å². The van der Waals surface area contributed by atoms with Gasteiger partial charge in [-0.15, -0.1) is 11.3 Å².